The molecule has 2 rings (SSSR count). The van der Waals surface area contributed by atoms with Gasteiger partial charge in [-0.15, -0.1) is 0 Å². The van der Waals surface area contributed by atoms with Gasteiger partial charge in [-0.05, 0) is 61.9 Å². The van der Waals surface area contributed by atoms with Gasteiger partial charge >= 0.3 is 5.97 Å². The van der Waals surface area contributed by atoms with Crippen molar-refractivity contribution in [3.8, 4) is 5.75 Å². The molecule has 0 saturated heterocycles. The van der Waals surface area contributed by atoms with E-state index in [1.807, 2.05) is 0 Å². The number of unbranched alkanes of at least 4 members (excludes halogenated alkanes) is 2. The molecule has 27 heavy (non-hydrogen) atoms. The van der Waals surface area contributed by atoms with Gasteiger partial charge < -0.3 is 14.8 Å². The number of hydrogen-bond acceptors (Lipinski definition) is 4. The summed E-state index contributed by atoms with van der Waals surface area (Å²) in [5.74, 6) is -0.639. The summed E-state index contributed by atoms with van der Waals surface area (Å²) in [6, 6.07) is 11.9. The third-order valence-electron chi connectivity index (χ3n) is 3.86. The van der Waals surface area contributed by atoms with Crippen LogP contribution in [0, 0.1) is 5.82 Å². The van der Waals surface area contributed by atoms with Crippen molar-refractivity contribution >= 4 is 17.6 Å². The lowest BCUT2D eigenvalue weighted by Crippen LogP contribution is -2.26. The fourth-order valence-electron chi connectivity index (χ4n) is 2.32. The number of carbonyl (C=O) groups excluding carboxylic acids is 2. The Morgan fingerprint density at radius 1 is 1.04 bits per heavy atom. The highest BCUT2D eigenvalue weighted by Crippen LogP contribution is 2.16. The zero-order valence-corrected chi connectivity index (χ0v) is 15.5. The molecule has 0 spiro atoms. The zero-order valence-electron chi connectivity index (χ0n) is 15.5. The second-order valence-corrected chi connectivity index (χ2v) is 6.12. The minimum atomic E-state index is -0.731. The molecule has 144 valence electrons. The van der Waals surface area contributed by atoms with Gasteiger partial charge in [0.05, 0.1) is 6.61 Å². The summed E-state index contributed by atoms with van der Waals surface area (Å²) >= 11 is 0. The van der Waals surface area contributed by atoms with Gasteiger partial charge in [-0.25, -0.2) is 9.18 Å². The van der Waals surface area contributed by atoms with Crippen LogP contribution in [-0.2, 0) is 9.53 Å². The summed E-state index contributed by atoms with van der Waals surface area (Å²) in [6.07, 6.45) is 2.19. The van der Waals surface area contributed by atoms with Crippen molar-refractivity contribution in [2.75, 3.05) is 11.9 Å². The third-order valence-corrected chi connectivity index (χ3v) is 3.86. The van der Waals surface area contributed by atoms with Gasteiger partial charge in [-0.1, -0.05) is 19.8 Å². The van der Waals surface area contributed by atoms with Crippen LogP contribution in [0.15, 0.2) is 48.5 Å². The largest absolute Gasteiger partial charge is 0.479 e. The molecule has 5 nitrogen and oxygen atoms in total. The van der Waals surface area contributed by atoms with E-state index >= 15 is 0 Å². The average Bonchev–Trinajstić information content (AvgIpc) is 2.67. The molecular weight excluding hydrogens is 349 g/mol. The lowest BCUT2D eigenvalue weighted by Gasteiger charge is -2.14. The molecule has 6 heteroatoms. The van der Waals surface area contributed by atoms with Gasteiger partial charge in [-0.2, -0.15) is 0 Å². The maximum absolute atomic E-state index is 12.9. The van der Waals surface area contributed by atoms with Crippen LogP contribution >= 0.6 is 0 Å². The van der Waals surface area contributed by atoms with Crippen molar-refractivity contribution in [1.29, 1.82) is 0 Å². The molecule has 0 unspecified atom stereocenters. The van der Waals surface area contributed by atoms with Gasteiger partial charge in [0, 0.05) is 11.3 Å². The zero-order chi connectivity index (χ0) is 19.6. The van der Waals surface area contributed by atoms with Crippen LogP contribution in [0.1, 0.15) is 43.5 Å². The molecule has 0 bridgehead atoms. The molecule has 1 atom stereocenters. The van der Waals surface area contributed by atoms with E-state index in [1.165, 1.54) is 24.3 Å². The van der Waals surface area contributed by atoms with Gasteiger partial charge in [-0.3, -0.25) is 4.79 Å². The molecule has 0 radical (unpaired) electrons. The molecule has 1 amide bonds. The first kappa shape index (κ1) is 20.4. The van der Waals surface area contributed by atoms with Crippen LogP contribution in [0.3, 0.4) is 0 Å². The number of benzene rings is 2. The number of anilines is 1. The van der Waals surface area contributed by atoms with Crippen molar-refractivity contribution in [2.45, 2.75) is 39.2 Å². The minimum absolute atomic E-state index is 0.323. The Hall–Kier alpha value is -2.89. The van der Waals surface area contributed by atoms with Crippen molar-refractivity contribution in [2.24, 2.45) is 0 Å². The Morgan fingerprint density at radius 2 is 1.70 bits per heavy atom. The van der Waals surface area contributed by atoms with E-state index < -0.39 is 12.1 Å². The normalized spacial score (nSPS) is 11.5. The van der Waals surface area contributed by atoms with Gasteiger partial charge in [0.1, 0.15) is 11.6 Å². The lowest BCUT2D eigenvalue weighted by molar-refractivity contribution is -0.151. The van der Waals surface area contributed by atoms with Crippen LogP contribution in [0.5, 0.6) is 5.75 Å². The lowest BCUT2D eigenvalue weighted by atomic mass is 10.2. The molecule has 0 heterocycles. The van der Waals surface area contributed by atoms with E-state index in [0.717, 1.165) is 19.3 Å². The Morgan fingerprint density at radius 3 is 2.33 bits per heavy atom. The van der Waals surface area contributed by atoms with E-state index in [-0.39, 0.29) is 11.7 Å². The van der Waals surface area contributed by atoms with Crippen molar-refractivity contribution < 1.29 is 23.5 Å². The summed E-state index contributed by atoms with van der Waals surface area (Å²) in [5.41, 5.74) is 0.919. The molecule has 0 aliphatic carbocycles. The van der Waals surface area contributed by atoms with Crippen LogP contribution in [0.25, 0.3) is 0 Å². The van der Waals surface area contributed by atoms with E-state index in [9.17, 15) is 14.0 Å². The minimum Gasteiger partial charge on any atom is -0.479 e. The quantitative estimate of drug-likeness (QED) is 0.516. The topological polar surface area (TPSA) is 64.6 Å². The molecule has 0 aliphatic rings. The molecule has 2 aromatic carbocycles. The fourth-order valence-corrected chi connectivity index (χ4v) is 2.32. The highest BCUT2D eigenvalue weighted by atomic mass is 19.1. The number of carbonyl (C=O) groups is 2. The maximum atomic E-state index is 12.9. The SMILES string of the molecule is CCCCCOC(=O)[C@H](C)Oc1ccc(C(=O)Nc2ccc(F)cc2)cc1. The average molecular weight is 373 g/mol. The molecule has 1 N–H and O–H groups in total. The Bertz CT molecular complexity index is 744. The number of nitrogens with one attached hydrogen (secondary N) is 1. The van der Waals surface area contributed by atoms with Gasteiger partial charge in [0.25, 0.3) is 5.91 Å². The summed E-state index contributed by atoms with van der Waals surface area (Å²) in [6.45, 7) is 4.09. The highest BCUT2D eigenvalue weighted by molar-refractivity contribution is 6.04. The molecular formula is C21H24FNO4. The Balaban J connectivity index is 1.85. The fraction of sp³-hybridized carbons (Fsp3) is 0.333. The number of halogens is 1. The van der Waals surface area contributed by atoms with E-state index in [2.05, 4.69) is 12.2 Å². The predicted molar refractivity (Wildman–Crippen MR) is 101 cm³/mol. The van der Waals surface area contributed by atoms with Gasteiger partial charge in [0.15, 0.2) is 6.10 Å². The number of rotatable bonds is 9. The standard InChI is InChI=1S/C21H24FNO4/c1-3-4-5-14-26-21(25)15(2)27-19-12-6-16(7-13-19)20(24)23-18-10-8-17(22)9-11-18/h6-13,15H,3-5,14H2,1-2H3,(H,23,24)/t15-/m0/s1. The van der Waals surface area contributed by atoms with Crippen LogP contribution in [0.2, 0.25) is 0 Å². The van der Waals surface area contributed by atoms with Crippen LogP contribution in [-0.4, -0.2) is 24.6 Å². The van der Waals surface area contributed by atoms with Crippen LogP contribution in [0.4, 0.5) is 10.1 Å². The summed E-state index contributed by atoms with van der Waals surface area (Å²) < 4.78 is 23.6. The first-order valence-electron chi connectivity index (χ1n) is 9.00. The summed E-state index contributed by atoms with van der Waals surface area (Å²) in [4.78, 5) is 24.1. The first-order chi connectivity index (χ1) is 13.0. The summed E-state index contributed by atoms with van der Waals surface area (Å²) in [7, 11) is 0. The van der Waals surface area contributed by atoms with Crippen LogP contribution < -0.4 is 10.1 Å². The summed E-state index contributed by atoms with van der Waals surface area (Å²) in [5, 5.41) is 2.68. The highest BCUT2D eigenvalue weighted by Gasteiger charge is 2.16. The second-order valence-electron chi connectivity index (χ2n) is 6.12. The first-order valence-corrected chi connectivity index (χ1v) is 9.00. The van der Waals surface area contributed by atoms with E-state index in [4.69, 9.17) is 9.47 Å². The maximum Gasteiger partial charge on any atom is 0.347 e. The van der Waals surface area contributed by atoms with Crippen molar-refractivity contribution in [3.63, 3.8) is 0 Å². The van der Waals surface area contributed by atoms with Crippen molar-refractivity contribution in [3.05, 3.63) is 59.9 Å². The molecule has 0 fully saturated rings. The Kier molecular flexibility index (Phi) is 7.79. The number of esters is 1. The van der Waals surface area contributed by atoms with Gasteiger partial charge in [0.2, 0.25) is 0 Å². The van der Waals surface area contributed by atoms with E-state index in [0.29, 0.717) is 23.6 Å². The molecule has 0 aromatic heterocycles. The number of ether oxygens (including phenoxy) is 2. The predicted octanol–water partition coefficient (Wildman–Crippen LogP) is 4.58. The molecule has 0 aliphatic heterocycles. The van der Waals surface area contributed by atoms with E-state index in [1.54, 1.807) is 31.2 Å². The Labute approximate surface area is 158 Å². The molecule has 0 saturated carbocycles. The monoisotopic (exact) mass is 373 g/mol. The molecule has 2 aromatic rings. The van der Waals surface area contributed by atoms with Crippen molar-refractivity contribution in [1.82, 2.24) is 0 Å². The third kappa shape index (κ3) is 6.73. The second kappa shape index (κ2) is 10.3. The number of amides is 1. The number of hydrogen-bond donors (Lipinski definition) is 1. The smallest absolute Gasteiger partial charge is 0.347 e.